The molecule has 0 unspecified atom stereocenters. The lowest BCUT2D eigenvalue weighted by Gasteiger charge is -2.04. The quantitative estimate of drug-likeness (QED) is 0.791. The lowest BCUT2D eigenvalue weighted by atomic mass is 10.3. The molecule has 0 bridgehead atoms. The highest BCUT2D eigenvalue weighted by molar-refractivity contribution is 5.43. The predicted octanol–water partition coefficient (Wildman–Crippen LogP) is 3.02. The van der Waals surface area contributed by atoms with E-state index in [4.69, 9.17) is 0 Å². The number of nitrogens with one attached hydrogen (secondary N) is 1. The van der Waals surface area contributed by atoms with Crippen molar-refractivity contribution in [1.82, 2.24) is 14.8 Å². The van der Waals surface area contributed by atoms with Crippen molar-refractivity contribution in [3.8, 4) is 5.69 Å². The van der Waals surface area contributed by atoms with Gasteiger partial charge in [0.15, 0.2) is 5.82 Å². The topological polar surface area (TPSA) is 42.7 Å². The molecular formula is C15H13FN4. The molecule has 0 spiro atoms. The van der Waals surface area contributed by atoms with Crippen LogP contribution in [0.3, 0.4) is 0 Å². The summed E-state index contributed by atoms with van der Waals surface area (Å²) >= 11 is 0. The van der Waals surface area contributed by atoms with E-state index in [1.54, 1.807) is 23.1 Å². The fourth-order valence-electron chi connectivity index (χ4n) is 1.89. The van der Waals surface area contributed by atoms with Crippen molar-refractivity contribution < 1.29 is 4.39 Å². The molecule has 3 aromatic rings. The van der Waals surface area contributed by atoms with Crippen LogP contribution in [0, 0.1) is 5.82 Å². The summed E-state index contributed by atoms with van der Waals surface area (Å²) < 4.78 is 15.2. The first-order valence-corrected chi connectivity index (χ1v) is 6.25. The first kappa shape index (κ1) is 12.3. The molecule has 5 heteroatoms. The van der Waals surface area contributed by atoms with Crippen molar-refractivity contribution in [3.05, 3.63) is 72.6 Å². The van der Waals surface area contributed by atoms with Gasteiger partial charge in [-0.3, -0.25) is 4.98 Å². The van der Waals surface area contributed by atoms with Gasteiger partial charge in [-0.25, -0.2) is 9.07 Å². The number of benzene rings is 1. The lowest BCUT2D eigenvalue weighted by Crippen LogP contribution is -2.01. The highest BCUT2D eigenvalue weighted by Crippen LogP contribution is 2.13. The first-order valence-electron chi connectivity index (χ1n) is 6.25. The van der Waals surface area contributed by atoms with Gasteiger partial charge in [0.2, 0.25) is 0 Å². The minimum Gasteiger partial charge on any atom is -0.378 e. The second-order valence-electron chi connectivity index (χ2n) is 4.34. The molecule has 2 aromatic heterocycles. The van der Waals surface area contributed by atoms with E-state index >= 15 is 0 Å². The third-order valence-electron chi connectivity index (χ3n) is 2.91. The minimum absolute atomic E-state index is 0.358. The van der Waals surface area contributed by atoms with Crippen molar-refractivity contribution >= 4 is 5.69 Å². The van der Waals surface area contributed by atoms with Crippen LogP contribution in [-0.2, 0) is 6.54 Å². The zero-order valence-corrected chi connectivity index (χ0v) is 10.7. The monoisotopic (exact) mass is 268 g/mol. The van der Waals surface area contributed by atoms with Crippen molar-refractivity contribution in [2.24, 2.45) is 0 Å². The molecule has 20 heavy (non-hydrogen) atoms. The van der Waals surface area contributed by atoms with Crippen LogP contribution < -0.4 is 5.32 Å². The fourth-order valence-corrected chi connectivity index (χ4v) is 1.89. The summed E-state index contributed by atoms with van der Waals surface area (Å²) in [6.07, 6.45) is 6.43. The number of aromatic nitrogens is 3. The molecule has 0 saturated carbocycles. The predicted molar refractivity (Wildman–Crippen MR) is 75.1 cm³/mol. The number of hydrogen-bond acceptors (Lipinski definition) is 3. The van der Waals surface area contributed by atoms with E-state index in [0.29, 0.717) is 12.2 Å². The second-order valence-corrected chi connectivity index (χ2v) is 4.34. The number of hydrogen-bond donors (Lipinski definition) is 1. The van der Waals surface area contributed by atoms with E-state index in [2.05, 4.69) is 15.4 Å². The van der Waals surface area contributed by atoms with Gasteiger partial charge in [-0.2, -0.15) is 5.10 Å². The molecule has 2 heterocycles. The van der Waals surface area contributed by atoms with Crippen molar-refractivity contribution in [1.29, 1.82) is 0 Å². The van der Waals surface area contributed by atoms with Crippen LogP contribution in [0.4, 0.5) is 10.1 Å². The van der Waals surface area contributed by atoms with E-state index in [1.807, 2.05) is 36.5 Å². The van der Waals surface area contributed by atoms with Crippen LogP contribution in [0.1, 0.15) is 5.56 Å². The Morgan fingerprint density at radius 2 is 1.95 bits per heavy atom. The highest BCUT2D eigenvalue weighted by Gasteiger charge is 2.03. The SMILES string of the molecule is Fc1cnccc1NCc1cnn(-c2ccccc2)c1. The fraction of sp³-hybridized carbons (Fsp3) is 0.0667. The zero-order valence-electron chi connectivity index (χ0n) is 10.7. The number of rotatable bonds is 4. The van der Waals surface area contributed by atoms with Crippen LogP contribution in [0.15, 0.2) is 61.2 Å². The number of pyridine rings is 1. The summed E-state index contributed by atoms with van der Waals surface area (Å²) in [7, 11) is 0. The van der Waals surface area contributed by atoms with E-state index in [9.17, 15) is 4.39 Å². The van der Waals surface area contributed by atoms with E-state index in [-0.39, 0.29) is 5.82 Å². The Labute approximate surface area is 115 Å². The summed E-state index contributed by atoms with van der Waals surface area (Å²) in [6.45, 7) is 0.508. The first-order chi connectivity index (χ1) is 9.83. The van der Waals surface area contributed by atoms with Gasteiger partial charge >= 0.3 is 0 Å². The van der Waals surface area contributed by atoms with Crippen LogP contribution in [0.2, 0.25) is 0 Å². The Morgan fingerprint density at radius 1 is 1.10 bits per heavy atom. The molecule has 0 aliphatic carbocycles. The molecule has 1 aromatic carbocycles. The standard InChI is InChI=1S/C15H13FN4/c16-14-10-17-7-6-15(14)18-8-12-9-19-20(11-12)13-4-2-1-3-5-13/h1-7,9-11H,8H2,(H,17,18). The zero-order chi connectivity index (χ0) is 13.8. The smallest absolute Gasteiger partial charge is 0.164 e. The molecule has 0 aliphatic rings. The van der Waals surface area contributed by atoms with Gasteiger partial charge < -0.3 is 5.32 Å². The number of anilines is 1. The number of halogens is 1. The molecule has 0 aliphatic heterocycles. The molecule has 100 valence electrons. The number of para-hydroxylation sites is 1. The van der Waals surface area contributed by atoms with E-state index < -0.39 is 0 Å². The molecule has 0 amide bonds. The average Bonchev–Trinajstić information content (AvgIpc) is 2.96. The van der Waals surface area contributed by atoms with Gasteiger partial charge in [0.25, 0.3) is 0 Å². The molecule has 0 saturated heterocycles. The van der Waals surface area contributed by atoms with Crippen LogP contribution >= 0.6 is 0 Å². The molecule has 0 atom stereocenters. The van der Waals surface area contributed by atoms with Gasteiger partial charge in [0, 0.05) is 24.5 Å². The summed E-state index contributed by atoms with van der Waals surface area (Å²) in [6, 6.07) is 11.4. The lowest BCUT2D eigenvalue weighted by molar-refractivity contribution is 0.624. The molecule has 1 N–H and O–H groups in total. The Kier molecular flexibility index (Phi) is 3.41. The van der Waals surface area contributed by atoms with Crippen LogP contribution in [0.25, 0.3) is 5.69 Å². The van der Waals surface area contributed by atoms with Crippen LogP contribution in [-0.4, -0.2) is 14.8 Å². The normalized spacial score (nSPS) is 10.4. The summed E-state index contributed by atoms with van der Waals surface area (Å²) in [5, 5.41) is 7.32. The Bertz CT molecular complexity index is 694. The molecule has 0 fully saturated rings. The molecular weight excluding hydrogens is 255 g/mol. The maximum absolute atomic E-state index is 13.4. The van der Waals surface area contributed by atoms with E-state index in [0.717, 1.165) is 11.3 Å². The Balaban J connectivity index is 1.71. The minimum atomic E-state index is -0.358. The maximum Gasteiger partial charge on any atom is 0.164 e. The Hall–Kier alpha value is -2.69. The van der Waals surface area contributed by atoms with E-state index in [1.165, 1.54) is 6.20 Å². The molecule has 4 nitrogen and oxygen atoms in total. The molecule has 3 rings (SSSR count). The van der Waals surface area contributed by atoms with Gasteiger partial charge in [0.05, 0.1) is 23.8 Å². The summed E-state index contributed by atoms with van der Waals surface area (Å²) in [5.74, 6) is -0.358. The maximum atomic E-state index is 13.4. The Morgan fingerprint density at radius 3 is 2.75 bits per heavy atom. The summed E-state index contributed by atoms with van der Waals surface area (Å²) in [4.78, 5) is 3.71. The van der Waals surface area contributed by atoms with Crippen molar-refractivity contribution in [2.75, 3.05) is 5.32 Å². The van der Waals surface area contributed by atoms with Gasteiger partial charge in [-0.05, 0) is 18.2 Å². The summed E-state index contributed by atoms with van der Waals surface area (Å²) in [5.41, 5.74) is 2.41. The van der Waals surface area contributed by atoms with Crippen molar-refractivity contribution in [3.63, 3.8) is 0 Å². The highest BCUT2D eigenvalue weighted by atomic mass is 19.1. The largest absolute Gasteiger partial charge is 0.378 e. The van der Waals surface area contributed by atoms with Gasteiger partial charge in [-0.1, -0.05) is 18.2 Å². The third kappa shape index (κ3) is 2.66. The van der Waals surface area contributed by atoms with Crippen LogP contribution in [0.5, 0.6) is 0 Å². The van der Waals surface area contributed by atoms with Crippen molar-refractivity contribution in [2.45, 2.75) is 6.54 Å². The average molecular weight is 268 g/mol. The molecule has 0 radical (unpaired) electrons. The number of nitrogens with zero attached hydrogens (tertiary/aromatic N) is 3. The third-order valence-corrected chi connectivity index (χ3v) is 2.91. The van der Waals surface area contributed by atoms with Gasteiger partial charge in [-0.15, -0.1) is 0 Å². The van der Waals surface area contributed by atoms with Gasteiger partial charge in [0.1, 0.15) is 0 Å². The second kappa shape index (κ2) is 5.52.